The van der Waals surface area contributed by atoms with E-state index < -0.39 is 0 Å². The first-order valence-electron chi connectivity index (χ1n) is 19.7. The third-order valence-electron chi connectivity index (χ3n) is 11.4. The van der Waals surface area contributed by atoms with Gasteiger partial charge < -0.3 is 0 Å². The Kier molecular flexibility index (Phi) is 8.78. The minimum atomic E-state index is 0.976. The number of hydrogen-bond acceptors (Lipinski definition) is 0. The summed E-state index contributed by atoms with van der Waals surface area (Å²) in [5.41, 5.74) is 12.8. The smallest absolute Gasteiger partial charge is 0.00139 e. The van der Waals surface area contributed by atoms with Gasteiger partial charge in [0.25, 0.3) is 0 Å². The zero-order chi connectivity index (χ0) is 37.3. The van der Waals surface area contributed by atoms with Crippen LogP contribution in [-0.2, 0) is 12.8 Å². The Morgan fingerprint density at radius 1 is 0.268 bits per heavy atom. The van der Waals surface area contributed by atoms with E-state index in [1.54, 1.807) is 0 Å². The zero-order valence-corrected chi connectivity index (χ0v) is 31.2. The van der Waals surface area contributed by atoms with Crippen molar-refractivity contribution in [1.29, 1.82) is 0 Å². The van der Waals surface area contributed by atoms with E-state index >= 15 is 0 Å². The van der Waals surface area contributed by atoms with E-state index in [4.69, 9.17) is 0 Å². The van der Waals surface area contributed by atoms with E-state index in [9.17, 15) is 0 Å². The second-order valence-electron chi connectivity index (χ2n) is 14.7. The molecule has 0 saturated heterocycles. The number of aryl methyl sites for hydroxylation is 2. The van der Waals surface area contributed by atoms with Gasteiger partial charge in [-0.25, -0.2) is 0 Å². The molecule has 0 aliphatic carbocycles. The molecule has 0 nitrogen and oxygen atoms in total. The molecule has 0 heteroatoms. The Balaban J connectivity index is 1.25. The van der Waals surface area contributed by atoms with Crippen LogP contribution in [0.25, 0.3) is 88.6 Å². The van der Waals surface area contributed by atoms with Crippen LogP contribution in [0.2, 0.25) is 0 Å². The number of hydrogen-bond donors (Lipinski definition) is 0. The Bertz CT molecular complexity index is 2940. The average molecular weight is 713 g/mol. The first-order chi connectivity index (χ1) is 27.8. The lowest BCUT2D eigenvalue weighted by Crippen LogP contribution is -1.97. The van der Waals surface area contributed by atoms with Crippen molar-refractivity contribution in [3.63, 3.8) is 0 Å². The lowest BCUT2D eigenvalue weighted by atomic mass is 9.80. The summed E-state index contributed by atoms with van der Waals surface area (Å²) in [5.74, 6) is 0. The molecule has 0 atom stereocenters. The molecule has 0 saturated carbocycles. The second-order valence-corrected chi connectivity index (χ2v) is 14.7. The highest BCUT2D eigenvalue weighted by molar-refractivity contribution is 6.30. The van der Waals surface area contributed by atoms with Gasteiger partial charge in [-0.3, -0.25) is 0 Å². The van der Waals surface area contributed by atoms with Crippen molar-refractivity contribution in [1.82, 2.24) is 0 Å². The molecule has 0 aliphatic rings. The SMILES string of the molecule is C(=C\c1ccccc1-c1c2ccccc2c(-c2c3ccccc3c(-c3ccccc3CCc3ccccc3)c3ccccc23)c2ccccc12)/c1ccccc1. The van der Waals surface area contributed by atoms with E-state index in [0.717, 1.165) is 12.8 Å². The Morgan fingerprint density at radius 2 is 0.643 bits per heavy atom. The van der Waals surface area contributed by atoms with Gasteiger partial charge in [0.2, 0.25) is 0 Å². The number of rotatable bonds is 8. The maximum absolute atomic E-state index is 2.34. The summed E-state index contributed by atoms with van der Waals surface area (Å²) in [4.78, 5) is 0. The van der Waals surface area contributed by atoms with E-state index in [2.05, 4.69) is 218 Å². The van der Waals surface area contributed by atoms with Crippen LogP contribution in [0.1, 0.15) is 22.3 Å². The molecule has 0 radical (unpaired) electrons. The molecule has 0 aliphatic heterocycles. The monoisotopic (exact) mass is 712 g/mol. The molecule has 0 bridgehead atoms. The summed E-state index contributed by atoms with van der Waals surface area (Å²) in [7, 11) is 0. The van der Waals surface area contributed by atoms with Crippen molar-refractivity contribution in [2.45, 2.75) is 12.8 Å². The van der Waals surface area contributed by atoms with E-state index in [1.807, 2.05) is 0 Å². The quantitative estimate of drug-likeness (QED) is 0.109. The van der Waals surface area contributed by atoms with Crippen LogP contribution in [-0.4, -0.2) is 0 Å². The lowest BCUT2D eigenvalue weighted by Gasteiger charge is -2.23. The summed E-state index contributed by atoms with van der Waals surface area (Å²) in [5, 5.41) is 10.1. The summed E-state index contributed by atoms with van der Waals surface area (Å²) in [6, 6.07) is 75.6. The maximum Gasteiger partial charge on any atom is -0.00139 e. The Labute approximate surface area is 328 Å². The molecule has 10 aromatic carbocycles. The van der Waals surface area contributed by atoms with Crippen LogP contribution in [0.15, 0.2) is 206 Å². The first-order valence-corrected chi connectivity index (χ1v) is 19.7. The van der Waals surface area contributed by atoms with Crippen LogP contribution in [0.4, 0.5) is 0 Å². The molecular formula is C56H40. The summed E-state index contributed by atoms with van der Waals surface area (Å²) in [6.45, 7) is 0. The summed E-state index contributed by atoms with van der Waals surface area (Å²) in [6.07, 6.45) is 6.46. The lowest BCUT2D eigenvalue weighted by molar-refractivity contribution is 0.963. The molecule has 10 rings (SSSR count). The van der Waals surface area contributed by atoms with Gasteiger partial charge in [0, 0.05) is 0 Å². The number of benzene rings is 10. The van der Waals surface area contributed by atoms with Crippen molar-refractivity contribution >= 4 is 55.2 Å². The van der Waals surface area contributed by atoms with Crippen LogP contribution in [0, 0.1) is 0 Å². The fraction of sp³-hybridized carbons (Fsp3) is 0.0357. The molecule has 0 spiro atoms. The minimum absolute atomic E-state index is 0.976. The van der Waals surface area contributed by atoms with Crippen molar-refractivity contribution in [3.05, 3.63) is 229 Å². The van der Waals surface area contributed by atoms with Gasteiger partial charge in [-0.2, -0.15) is 0 Å². The van der Waals surface area contributed by atoms with Gasteiger partial charge in [0.05, 0.1) is 0 Å². The molecule has 56 heavy (non-hydrogen) atoms. The average Bonchev–Trinajstić information content (AvgIpc) is 3.27. The normalized spacial score (nSPS) is 11.6. The highest BCUT2D eigenvalue weighted by atomic mass is 14.3. The van der Waals surface area contributed by atoms with Gasteiger partial charge in [-0.05, 0) is 112 Å². The van der Waals surface area contributed by atoms with Crippen molar-refractivity contribution < 1.29 is 0 Å². The van der Waals surface area contributed by atoms with Crippen LogP contribution < -0.4 is 0 Å². The topological polar surface area (TPSA) is 0 Å². The fourth-order valence-corrected chi connectivity index (χ4v) is 8.90. The van der Waals surface area contributed by atoms with Crippen LogP contribution in [0.5, 0.6) is 0 Å². The molecule has 10 aromatic rings. The number of fused-ring (bicyclic) bond motifs is 4. The van der Waals surface area contributed by atoms with Crippen molar-refractivity contribution in [2.24, 2.45) is 0 Å². The maximum atomic E-state index is 2.34. The van der Waals surface area contributed by atoms with Crippen molar-refractivity contribution in [3.8, 4) is 33.4 Å². The Morgan fingerprint density at radius 3 is 1.16 bits per heavy atom. The molecule has 264 valence electrons. The Hall–Kier alpha value is -7.02. The highest BCUT2D eigenvalue weighted by Crippen LogP contribution is 2.50. The van der Waals surface area contributed by atoms with Gasteiger partial charge in [0.1, 0.15) is 0 Å². The van der Waals surface area contributed by atoms with Gasteiger partial charge >= 0.3 is 0 Å². The van der Waals surface area contributed by atoms with E-state index in [-0.39, 0.29) is 0 Å². The molecule has 0 heterocycles. The standard InChI is InChI=1S/C56H40/c1-3-19-39(20-4-1)35-37-41-23-7-9-25-43(41)53-45-27-11-15-31-49(45)55(50-32-16-12-28-46(50)53)56-51-33-17-13-29-47(51)54(48-30-14-18-34-52(48)56)44-26-10-8-24-42(44)38-36-40-21-5-2-6-22-40/h1-35,37H,36,38H2/b37-35+. The zero-order valence-electron chi connectivity index (χ0n) is 31.2. The fourth-order valence-electron chi connectivity index (χ4n) is 8.90. The summed E-state index contributed by atoms with van der Waals surface area (Å²) < 4.78 is 0. The molecule has 0 fully saturated rings. The molecule has 0 aromatic heterocycles. The predicted octanol–water partition coefficient (Wildman–Crippen LogP) is 15.3. The highest BCUT2D eigenvalue weighted by Gasteiger charge is 2.23. The van der Waals surface area contributed by atoms with Gasteiger partial charge in [-0.1, -0.05) is 218 Å². The van der Waals surface area contributed by atoms with Gasteiger partial charge in [-0.15, -0.1) is 0 Å². The van der Waals surface area contributed by atoms with E-state index in [0.29, 0.717) is 0 Å². The molecule has 0 amide bonds. The largest absolute Gasteiger partial charge is 0.0622 e. The molecule has 0 unspecified atom stereocenters. The van der Waals surface area contributed by atoms with Crippen LogP contribution >= 0.6 is 0 Å². The first kappa shape index (κ1) is 33.5. The summed E-state index contributed by atoms with van der Waals surface area (Å²) >= 11 is 0. The van der Waals surface area contributed by atoms with Crippen LogP contribution in [0.3, 0.4) is 0 Å². The predicted molar refractivity (Wildman–Crippen MR) is 242 cm³/mol. The third kappa shape index (κ3) is 5.97. The third-order valence-corrected chi connectivity index (χ3v) is 11.4. The minimum Gasteiger partial charge on any atom is -0.0622 e. The molecular weight excluding hydrogens is 673 g/mol. The van der Waals surface area contributed by atoms with Gasteiger partial charge in [0.15, 0.2) is 0 Å². The second kappa shape index (κ2) is 14.7. The molecule has 0 N–H and O–H groups in total. The van der Waals surface area contributed by atoms with Crippen molar-refractivity contribution in [2.75, 3.05) is 0 Å². The van der Waals surface area contributed by atoms with E-state index in [1.165, 1.54) is 98.7 Å².